The van der Waals surface area contributed by atoms with Crippen molar-refractivity contribution in [3.63, 3.8) is 0 Å². The Kier molecular flexibility index (Phi) is 4.77. The molecule has 0 aliphatic carbocycles. The number of hydrogen-bond acceptors (Lipinski definition) is 1. The highest BCUT2D eigenvalue weighted by Gasteiger charge is 2.14. The van der Waals surface area contributed by atoms with E-state index in [9.17, 15) is 9.65 Å². The van der Waals surface area contributed by atoms with Crippen LogP contribution in [0.15, 0.2) is 48.5 Å². The van der Waals surface area contributed by atoms with Gasteiger partial charge >= 0.3 is 0 Å². The quantitative estimate of drug-likeness (QED) is 0.543. The van der Waals surface area contributed by atoms with Crippen LogP contribution >= 0.6 is 0 Å². The molecule has 0 radical (unpaired) electrons. The first-order valence-corrected chi connectivity index (χ1v) is 8.56. The maximum absolute atomic E-state index is 14.1. The second-order valence-corrected chi connectivity index (χ2v) is 6.55. The highest BCUT2D eigenvalue weighted by molar-refractivity contribution is 5.90. The van der Waals surface area contributed by atoms with E-state index in [1.165, 1.54) is 17.2 Å². The first-order valence-electron chi connectivity index (χ1n) is 8.56. The minimum absolute atomic E-state index is 0.324. The molecule has 26 heavy (non-hydrogen) atoms. The van der Waals surface area contributed by atoms with Gasteiger partial charge in [0.2, 0.25) is 0 Å². The standard InChI is InChI=1S/C23H21FN2/c1-15-8-7-9-16(2)23(15)26-17(3)12-19(18(26)4)13-20(14-25)21-10-5-6-11-22(21)24/h5-13H,1-4H3. The lowest BCUT2D eigenvalue weighted by Gasteiger charge is -2.15. The summed E-state index contributed by atoms with van der Waals surface area (Å²) in [5, 5.41) is 9.55. The van der Waals surface area contributed by atoms with Gasteiger partial charge in [0.1, 0.15) is 5.82 Å². The van der Waals surface area contributed by atoms with Crippen molar-refractivity contribution in [2.75, 3.05) is 0 Å². The minimum Gasteiger partial charge on any atom is -0.317 e. The molecule has 0 N–H and O–H groups in total. The van der Waals surface area contributed by atoms with Crippen molar-refractivity contribution in [2.45, 2.75) is 27.7 Å². The maximum atomic E-state index is 14.1. The fraction of sp³-hybridized carbons (Fsp3) is 0.174. The number of aryl methyl sites for hydroxylation is 3. The second-order valence-electron chi connectivity index (χ2n) is 6.55. The van der Waals surface area contributed by atoms with Crippen LogP contribution in [-0.2, 0) is 0 Å². The van der Waals surface area contributed by atoms with Crippen molar-refractivity contribution < 1.29 is 4.39 Å². The topological polar surface area (TPSA) is 28.7 Å². The molecule has 3 rings (SSSR count). The summed E-state index contributed by atoms with van der Waals surface area (Å²) < 4.78 is 16.3. The van der Waals surface area contributed by atoms with Crippen LogP contribution in [0.25, 0.3) is 17.3 Å². The van der Waals surface area contributed by atoms with Crippen molar-refractivity contribution in [2.24, 2.45) is 0 Å². The lowest BCUT2D eigenvalue weighted by molar-refractivity contribution is 0.624. The van der Waals surface area contributed by atoms with E-state index >= 15 is 0 Å². The highest BCUT2D eigenvalue weighted by atomic mass is 19.1. The van der Waals surface area contributed by atoms with Crippen LogP contribution in [0.4, 0.5) is 4.39 Å². The van der Waals surface area contributed by atoms with Crippen LogP contribution in [0.5, 0.6) is 0 Å². The third-order valence-electron chi connectivity index (χ3n) is 4.72. The Morgan fingerprint density at radius 2 is 1.65 bits per heavy atom. The largest absolute Gasteiger partial charge is 0.317 e. The van der Waals surface area contributed by atoms with E-state index < -0.39 is 0 Å². The lowest BCUT2D eigenvalue weighted by Crippen LogP contribution is -2.04. The van der Waals surface area contributed by atoms with Gasteiger partial charge in [-0.15, -0.1) is 0 Å². The third-order valence-corrected chi connectivity index (χ3v) is 4.72. The Morgan fingerprint density at radius 3 is 2.27 bits per heavy atom. The molecule has 0 aliphatic heterocycles. The highest BCUT2D eigenvalue weighted by Crippen LogP contribution is 2.29. The van der Waals surface area contributed by atoms with Crippen LogP contribution in [0.3, 0.4) is 0 Å². The van der Waals surface area contributed by atoms with Gasteiger partial charge in [0, 0.05) is 17.0 Å². The number of nitriles is 1. The van der Waals surface area contributed by atoms with Gasteiger partial charge in [-0.05, 0) is 62.6 Å². The van der Waals surface area contributed by atoms with Gasteiger partial charge < -0.3 is 4.57 Å². The fourth-order valence-electron chi connectivity index (χ4n) is 3.44. The summed E-state index contributed by atoms with van der Waals surface area (Å²) in [7, 11) is 0. The molecule has 0 bridgehead atoms. The summed E-state index contributed by atoms with van der Waals surface area (Å²) in [6.07, 6.45) is 1.77. The van der Waals surface area contributed by atoms with Gasteiger partial charge in [0.05, 0.1) is 17.3 Å². The number of allylic oxidation sites excluding steroid dienone is 1. The van der Waals surface area contributed by atoms with Crippen LogP contribution in [0, 0.1) is 44.8 Å². The van der Waals surface area contributed by atoms with Crippen LogP contribution in [0.1, 0.15) is 33.6 Å². The Bertz CT molecular complexity index is 1030. The molecule has 0 saturated carbocycles. The molecular weight excluding hydrogens is 323 g/mol. The van der Waals surface area contributed by atoms with Gasteiger partial charge in [0.15, 0.2) is 0 Å². The SMILES string of the molecule is Cc1cccc(C)c1-n1c(C)cc(C=C(C#N)c2ccccc2F)c1C. The first kappa shape index (κ1) is 17.7. The minimum atomic E-state index is -0.385. The third kappa shape index (κ3) is 3.07. The molecule has 3 aromatic rings. The molecule has 0 fully saturated rings. The molecule has 0 spiro atoms. The van der Waals surface area contributed by atoms with Gasteiger partial charge in [-0.1, -0.05) is 36.4 Å². The van der Waals surface area contributed by atoms with Gasteiger partial charge in [-0.2, -0.15) is 5.26 Å². The molecule has 0 amide bonds. The average Bonchev–Trinajstić information content (AvgIpc) is 2.88. The number of hydrogen-bond donors (Lipinski definition) is 0. The summed E-state index contributed by atoms with van der Waals surface area (Å²) >= 11 is 0. The van der Waals surface area contributed by atoms with Crippen LogP contribution < -0.4 is 0 Å². The maximum Gasteiger partial charge on any atom is 0.131 e. The zero-order valence-electron chi connectivity index (χ0n) is 15.5. The number of aromatic nitrogens is 1. The molecule has 2 aromatic carbocycles. The lowest BCUT2D eigenvalue weighted by atomic mass is 10.0. The van der Waals surface area contributed by atoms with Crippen molar-refractivity contribution in [3.05, 3.63) is 88.0 Å². The van der Waals surface area contributed by atoms with E-state index in [1.54, 1.807) is 24.3 Å². The Balaban J connectivity index is 2.18. The molecule has 130 valence electrons. The molecule has 0 aliphatic rings. The fourth-order valence-corrected chi connectivity index (χ4v) is 3.44. The molecule has 1 aromatic heterocycles. The van der Waals surface area contributed by atoms with Crippen LogP contribution in [-0.4, -0.2) is 4.57 Å². The van der Waals surface area contributed by atoms with E-state index in [1.807, 2.05) is 19.9 Å². The first-order chi connectivity index (χ1) is 12.4. The molecule has 0 unspecified atom stereocenters. The van der Waals surface area contributed by atoms with Gasteiger partial charge in [-0.3, -0.25) is 0 Å². The normalized spacial score (nSPS) is 11.5. The Morgan fingerprint density at radius 1 is 1.00 bits per heavy atom. The van der Waals surface area contributed by atoms with Crippen molar-refractivity contribution in [1.82, 2.24) is 4.57 Å². The molecule has 3 heteroatoms. The molecule has 2 nitrogen and oxygen atoms in total. The van der Waals surface area contributed by atoms with Crippen molar-refractivity contribution in [1.29, 1.82) is 5.26 Å². The smallest absolute Gasteiger partial charge is 0.131 e. The zero-order chi connectivity index (χ0) is 18.8. The predicted molar refractivity (Wildman–Crippen MR) is 105 cm³/mol. The number of rotatable bonds is 3. The van der Waals surface area contributed by atoms with E-state index in [2.05, 4.69) is 42.7 Å². The molecular formula is C23H21FN2. The molecule has 0 atom stereocenters. The van der Waals surface area contributed by atoms with Gasteiger partial charge in [0.25, 0.3) is 0 Å². The number of nitrogens with zero attached hydrogens (tertiary/aromatic N) is 2. The zero-order valence-corrected chi connectivity index (χ0v) is 15.5. The Labute approximate surface area is 153 Å². The second kappa shape index (κ2) is 7.01. The summed E-state index contributed by atoms with van der Waals surface area (Å²) in [5.41, 5.74) is 7.23. The van der Waals surface area contributed by atoms with Gasteiger partial charge in [-0.25, -0.2) is 4.39 Å². The van der Waals surface area contributed by atoms with E-state index in [0.717, 1.165) is 22.6 Å². The number of halogens is 1. The average molecular weight is 344 g/mol. The van der Waals surface area contributed by atoms with Crippen molar-refractivity contribution >= 4 is 11.6 Å². The monoisotopic (exact) mass is 344 g/mol. The molecule has 1 heterocycles. The van der Waals surface area contributed by atoms with Crippen LogP contribution in [0.2, 0.25) is 0 Å². The summed E-state index contributed by atoms with van der Waals surface area (Å²) in [4.78, 5) is 0. The summed E-state index contributed by atoms with van der Waals surface area (Å²) in [6.45, 7) is 8.26. The predicted octanol–water partition coefficient (Wildman–Crippen LogP) is 5.91. The summed E-state index contributed by atoms with van der Waals surface area (Å²) in [5.74, 6) is -0.385. The number of benzene rings is 2. The van der Waals surface area contributed by atoms with E-state index in [4.69, 9.17) is 0 Å². The van der Waals surface area contributed by atoms with Crippen molar-refractivity contribution in [3.8, 4) is 11.8 Å². The van der Waals surface area contributed by atoms with E-state index in [0.29, 0.717) is 11.1 Å². The molecule has 0 saturated heterocycles. The number of para-hydroxylation sites is 1. The Hall–Kier alpha value is -3.12. The van der Waals surface area contributed by atoms with E-state index in [-0.39, 0.29) is 5.82 Å². The summed E-state index contributed by atoms with van der Waals surface area (Å²) in [6, 6.07) is 16.8.